The molecule has 3 aromatic carbocycles. The van der Waals surface area contributed by atoms with Crippen molar-refractivity contribution in [3.63, 3.8) is 0 Å². The summed E-state index contributed by atoms with van der Waals surface area (Å²) in [5.74, 6) is -1.76. The largest absolute Gasteiger partial charge is 0.478 e. The van der Waals surface area contributed by atoms with Gasteiger partial charge in [0.05, 0.1) is 28.2 Å². The number of carbonyl (C=O) groups is 2. The number of carbonyl (C=O) groups excluding carboxylic acids is 1. The maximum atomic E-state index is 12.4. The average Bonchev–Trinajstić information content (AvgIpc) is 3.14. The molecular weight excluding hydrogens is 447 g/mol. The van der Waals surface area contributed by atoms with Crippen LogP contribution < -0.4 is 5.73 Å². The summed E-state index contributed by atoms with van der Waals surface area (Å²) in [6, 6.07) is 21.0. The summed E-state index contributed by atoms with van der Waals surface area (Å²) in [6.07, 6.45) is 0. The lowest BCUT2D eigenvalue weighted by molar-refractivity contribution is 0.0697. The summed E-state index contributed by atoms with van der Waals surface area (Å²) >= 11 is 12.6. The Balaban J connectivity index is 2.21. The summed E-state index contributed by atoms with van der Waals surface area (Å²) in [5.41, 5.74) is 9.29. The van der Waals surface area contributed by atoms with Crippen LogP contribution in [0.1, 0.15) is 26.3 Å². The number of primary amides is 1. The van der Waals surface area contributed by atoms with E-state index >= 15 is 0 Å². The molecule has 0 atom stereocenters. The van der Waals surface area contributed by atoms with Crippen LogP contribution in [0.3, 0.4) is 0 Å². The van der Waals surface area contributed by atoms with Crippen molar-refractivity contribution in [3.05, 3.63) is 99.5 Å². The Kier molecular flexibility index (Phi) is 5.78. The van der Waals surface area contributed by atoms with Crippen molar-refractivity contribution in [3.8, 4) is 28.2 Å². The maximum Gasteiger partial charge on any atom is 0.337 e. The van der Waals surface area contributed by atoms with Crippen LogP contribution in [0.25, 0.3) is 28.2 Å². The number of rotatable bonds is 5. The van der Waals surface area contributed by atoms with Crippen LogP contribution in [0.5, 0.6) is 0 Å². The second-order valence-corrected chi connectivity index (χ2v) is 8.16. The van der Waals surface area contributed by atoms with Gasteiger partial charge >= 0.3 is 5.97 Å². The van der Waals surface area contributed by atoms with Crippen LogP contribution in [-0.2, 0) is 0 Å². The number of aromatic carboxylic acids is 1. The number of hydrogen-bond donors (Lipinski definition) is 2. The van der Waals surface area contributed by atoms with Gasteiger partial charge < -0.3 is 15.4 Å². The molecule has 0 saturated carbocycles. The zero-order chi connectivity index (χ0) is 23.0. The third-order valence-electron chi connectivity index (χ3n) is 5.17. The minimum absolute atomic E-state index is 0.0548. The summed E-state index contributed by atoms with van der Waals surface area (Å²) in [4.78, 5) is 24.7. The maximum absolute atomic E-state index is 12.4. The zero-order valence-electron chi connectivity index (χ0n) is 17.0. The van der Waals surface area contributed by atoms with Crippen LogP contribution in [0, 0.1) is 6.92 Å². The van der Waals surface area contributed by atoms with Gasteiger partial charge in [0.15, 0.2) is 0 Å². The van der Waals surface area contributed by atoms with E-state index in [9.17, 15) is 14.7 Å². The highest BCUT2D eigenvalue weighted by Gasteiger charge is 2.26. The smallest absolute Gasteiger partial charge is 0.337 e. The highest BCUT2D eigenvalue weighted by atomic mass is 35.5. The molecule has 1 amide bonds. The van der Waals surface area contributed by atoms with E-state index < -0.39 is 11.9 Å². The fourth-order valence-corrected chi connectivity index (χ4v) is 4.35. The van der Waals surface area contributed by atoms with Crippen molar-refractivity contribution in [1.82, 2.24) is 4.57 Å². The SMILES string of the molecule is Cc1cc(Cl)cc(-n2c(-c3ccccc3)cc(C(=O)O)c2-c2cccc(Cl)c2)c1C(N)=O. The lowest BCUT2D eigenvalue weighted by Crippen LogP contribution is -2.17. The van der Waals surface area contributed by atoms with Crippen LogP contribution in [0.15, 0.2) is 72.8 Å². The normalized spacial score (nSPS) is 10.8. The number of nitrogens with two attached hydrogens (primary N) is 1. The number of halogens is 2. The van der Waals surface area contributed by atoms with E-state index in [2.05, 4.69) is 0 Å². The monoisotopic (exact) mass is 464 g/mol. The van der Waals surface area contributed by atoms with E-state index in [0.717, 1.165) is 5.56 Å². The topological polar surface area (TPSA) is 85.3 Å². The quantitative estimate of drug-likeness (QED) is 0.367. The van der Waals surface area contributed by atoms with E-state index in [-0.39, 0.29) is 11.1 Å². The predicted molar refractivity (Wildman–Crippen MR) is 127 cm³/mol. The Labute approximate surface area is 194 Å². The summed E-state index contributed by atoms with van der Waals surface area (Å²) in [5, 5.41) is 10.9. The molecular formula is C25H18Cl2N2O3. The van der Waals surface area contributed by atoms with E-state index in [0.29, 0.717) is 38.2 Å². The van der Waals surface area contributed by atoms with Crippen LogP contribution in [0.4, 0.5) is 0 Å². The number of amides is 1. The van der Waals surface area contributed by atoms with Gasteiger partial charge in [-0.15, -0.1) is 0 Å². The van der Waals surface area contributed by atoms with Gasteiger partial charge in [-0.05, 0) is 48.4 Å². The van der Waals surface area contributed by atoms with Gasteiger partial charge in [-0.1, -0.05) is 65.7 Å². The molecule has 0 aliphatic carbocycles. The average molecular weight is 465 g/mol. The molecule has 0 spiro atoms. The van der Waals surface area contributed by atoms with Crippen molar-refractivity contribution >= 4 is 35.1 Å². The number of carboxylic acid groups (broad SMARTS) is 1. The molecule has 4 rings (SSSR count). The molecule has 0 unspecified atom stereocenters. The lowest BCUT2D eigenvalue weighted by atomic mass is 10.0. The molecule has 7 heteroatoms. The van der Waals surface area contributed by atoms with Crippen molar-refractivity contribution in [1.29, 1.82) is 0 Å². The Hall–Kier alpha value is -3.54. The van der Waals surface area contributed by atoms with Crippen LogP contribution in [-0.4, -0.2) is 21.6 Å². The minimum Gasteiger partial charge on any atom is -0.478 e. The first-order valence-corrected chi connectivity index (χ1v) is 10.4. The Bertz CT molecular complexity index is 1360. The molecule has 1 heterocycles. The van der Waals surface area contributed by atoms with Gasteiger partial charge in [0.1, 0.15) is 0 Å². The minimum atomic E-state index is -1.12. The molecule has 1 aromatic heterocycles. The number of nitrogens with zero attached hydrogens (tertiary/aromatic N) is 1. The number of benzene rings is 3. The molecule has 0 saturated heterocycles. The first-order chi connectivity index (χ1) is 15.3. The van der Waals surface area contributed by atoms with Crippen molar-refractivity contribution in [2.45, 2.75) is 6.92 Å². The number of hydrogen-bond acceptors (Lipinski definition) is 2. The predicted octanol–water partition coefficient (Wildman–Crippen LogP) is 6.22. The van der Waals surface area contributed by atoms with Crippen molar-refractivity contribution in [2.24, 2.45) is 5.73 Å². The second-order valence-electron chi connectivity index (χ2n) is 7.29. The van der Waals surface area contributed by atoms with E-state index in [4.69, 9.17) is 28.9 Å². The number of aryl methyl sites for hydroxylation is 1. The molecule has 5 nitrogen and oxygen atoms in total. The van der Waals surface area contributed by atoms with Gasteiger partial charge in [0.25, 0.3) is 5.91 Å². The Morgan fingerprint density at radius 3 is 2.19 bits per heavy atom. The first kappa shape index (κ1) is 21.7. The van der Waals surface area contributed by atoms with E-state index in [1.165, 1.54) is 0 Å². The van der Waals surface area contributed by atoms with Crippen molar-refractivity contribution in [2.75, 3.05) is 0 Å². The van der Waals surface area contributed by atoms with Crippen molar-refractivity contribution < 1.29 is 14.7 Å². The highest BCUT2D eigenvalue weighted by molar-refractivity contribution is 6.31. The highest BCUT2D eigenvalue weighted by Crippen LogP contribution is 2.39. The molecule has 0 bridgehead atoms. The molecule has 0 fully saturated rings. The molecule has 0 radical (unpaired) electrons. The Morgan fingerprint density at radius 2 is 1.56 bits per heavy atom. The van der Waals surface area contributed by atoms with E-state index in [1.54, 1.807) is 54.0 Å². The fourth-order valence-electron chi connectivity index (χ4n) is 3.89. The van der Waals surface area contributed by atoms with Gasteiger partial charge in [0, 0.05) is 15.6 Å². The second kappa shape index (κ2) is 8.54. The zero-order valence-corrected chi connectivity index (χ0v) is 18.5. The van der Waals surface area contributed by atoms with Gasteiger partial charge in [0.2, 0.25) is 0 Å². The van der Waals surface area contributed by atoms with Crippen LogP contribution in [0.2, 0.25) is 10.0 Å². The standard InChI is InChI=1S/C25H18Cl2N2O3/c1-14-10-18(27)12-21(22(14)24(28)30)29-20(15-6-3-2-4-7-15)13-19(25(31)32)23(29)16-8-5-9-17(26)11-16/h2-13H,1H3,(H2,28,30)(H,31,32). The fraction of sp³-hybridized carbons (Fsp3) is 0.0400. The third-order valence-corrected chi connectivity index (χ3v) is 5.62. The molecule has 160 valence electrons. The molecule has 0 aliphatic rings. The van der Waals surface area contributed by atoms with Gasteiger partial charge in [-0.2, -0.15) is 0 Å². The van der Waals surface area contributed by atoms with Crippen LogP contribution >= 0.6 is 23.2 Å². The van der Waals surface area contributed by atoms with Gasteiger partial charge in [-0.25, -0.2) is 4.79 Å². The molecule has 0 aliphatic heterocycles. The molecule has 32 heavy (non-hydrogen) atoms. The molecule has 4 aromatic rings. The summed E-state index contributed by atoms with van der Waals surface area (Å²) < 4.78 is 1.71. The van der Waals surface area contributed by atoms with E-state index in [1.807, 2.05) is 30.3 Å². The third kappa shape index (κ3) is 3.88. The summed E-state index contributed by atoms with van der Waals surface area (Å²) in [6.45, 7) is 1.73. The number of aromatic nitrogens is 1. The van der Waals surface area contributed by atoms with Gasteiger partial charge in [-0.3, -0.25) is 4.79 Å². The lowest BCUT2D eigenvalue weighted by Gasteiger charge is -2.19. The molecule has 3 N–H and O–H groups in total. The Morgan fingerprint density at radius 1 is 0.875 bits per heavy atom. The summed E-state index contributed by atoms with van der Waals surface area (Å²) in [7, 11) is 0. The first-order valence-electron chi connectivity index (χ1n) is 9.68. The number of carboxylic acids is 1.